The van der Waals surface area contributed by atoms with Crippen molar-refractivity contribution in [1.82, 2.24) is 0 Å². The van der Waals surface area contributed by atoms with Crippen LogP contribution < -0.4 is 16.0 Å². The van der Waals surface area contributed by atoms with Crippen LogP contribution >= 0.6 is 0 Å². The predicted molar refractivity (Wildman–Crippen MR) is 115 cm³/mol. The van der Waals surface area contributed by atoms with Crippen molar-refractivity contribution in [2.75, 3.05) is 7.11 Å². The Morgan fingerprint density at radius 3 is 2.56 bits per heavy atom. The highest BCUT2D eigenvalue weighted by Gasteiger charge is 2.19. The highest BCUT2D eigenvalue weighted by Crippen LogP contribution is 2.33. The van der Waals surface area contributed by atoms with Crippen molar-refractivity contribution in [3.8, 4) is 28.0 Å². The van der Waals surface area contributed by atoms with Crippen LogP contribution in [0.25, 0.3) is 44.2 Å². The van der Waals surface area contributed by atoms with Crippen molar-refractivity contribution in [2.45, 2.75) is 0 Å². The Kier molecular flexibility index (Phi) is 4.41. The molecule has 8 heteroatoms. The van der Waals surface area contributed by atoms with E-state index < -0.39 is 17.2 Å². The van der Waals surface area contributed by atoms with Crippen LogP contribution in [0.2, 0.25) is 0 Å². The van der Waals surface area contributed by atoms with Gasteiger partial charge in [0, 0.05) is 28.0 Å². The topological polar surface area (TPSA) is 120 Å². The molecular weight excluding hydrogens is 416 g/mol. The fourth-order valence-electron chi connectivity index (χ4n) is 3.72. The number of carbonyl (C=O) groups is 1. The molecule has 0 radical (unpaired) electrons. The number of hydrogen-bond donors (Lipinski definition) is 1. The molecule has 0 spiro atoms. The van der Waals surface area contributed by atoms with E-state index in [9.17, 15) is 19.5 Å². The monoisotopic (exact) mass is 430 g/mol. The molecule has 0 amide bonds. The van der Waals surface area contributed by atoms with Gasteiger partial charge in [-0.05, 0) is 35.9 Å². The molecule has 5 rings (SSSR count). The number of carboxylic acid groups (broad SMARTS) is 1. The predicted octanol–water partition coefficient (Wildman–Crippen LogP) is 4.53. The zero-order valence-electron chi connectivity index (χ0n) is 16.6. The molecule has 1 N–H and O–H groups in total. The van der Waals surface area contributed by atoms with Gasteiger partial charge >= 0.3 is 17.2 Å². The van der Waals surface area contributed by atoms with Crippen molar-refractivity contribution in [1.29, 1.82) is 0 Å². The van der Waals surface area contributed by atoms with Gasteiger partial charge in [-0.1, -0.05) is 18.2 Å². The summed E-state index contributed by atoms with van der Waals surface area (Å²) in [5.41, 5.74) is 0.537. The molecule has 0 aliphatic heterocycles. The summed E-state index contributed by atoms with van der Waals surface area (Å²) < 4.78 is 21.1. The molecule has 0 saturated heterocycles. The first-order valence-corrected chi connectivity index (χ1v) is 9.46. The summed E-state index contributed by atoms with van der Waals surface area (Å²) in [4.78, 5) is 36.5. The number of furan rings is 1. The molecule has 5 aromatic rings. The summed E-state index contributed by atoms with van der Waals surface area (Å²) in [5.74, 6) is -1.03. The van der Waals surface area contributed by atoms with E-state index in [1.54, 1.807) is 36.4 Å². The molecule has 0 unspecified atom stereocenters. The van der Waals surface area contributed by atoms with Crippen LogP contribution in [0.5, 0.6) is 5.75 Å². The van der Waals surface area contributed by atoms with Crippen LogP contribution in [0.15, 0.2) is 83.7 Å². The standard InChI is InChI=1S/C24H14O8/c1-29-18-4-2-3-13-9-17(24(28)32-21(13)18)16-11-20(25)31-19-10-12(5-6-15(16)19)14-7-8-30-22(14)23(26)27/h2-11H,1H3,(H,26,27). The molecule has 8 nitrogen and oxygen atoms in total. The number of benzene rings is 2. The van der Waals surface area contributed by atoms with E-state index >= 15 is 0 Å². The maximum Gasteiger partial charge on any atom is 0.372 e. The smallest absolute Gasteiger partial charge is 0.372 e. The molecule has 0 aliphatic carbocycles. The quantitative estimate of drug-likeness (QED) is 0.413. The number of aromatic carboxylic acids is 1. The first-order valence-electron chi connectivity index (χ1n) is 9.46. The SMILES string of the molecule is COc1cccc2cc(-c3cc(=O)oc4cc(-c5ccoc5C(=O)O)ccc34)c(=O)oc12. The number of methoxy groups -OCH3 is 1. The lowest BCUT2D eigenvalue weighted by molar-refractivity contribution is 0.0663. The van der Waals surface area contributed by atoms with Gasteiger partial charge in [-0.3, -0.25) is 0 Å². The Morgan fingerprint density at radius 2 is 1.78 bits per heavy atom. The number of para-hydroxylation sites is 1. The minimum Gasteiger partial charge on any atom is -0.493 e. The Morgan fingerprint density at radius 1 is 0.938 bits per heavy atom. The van der Waals surface area contributed by atoms with Gasteiger partial charge in [-0.15, -0.1) is 0 Å². The Labute approximate surface area is 178 Å². The van der Waals surface area contributed by atoms with Crippen LogP contribution in [0.3, 0.4) is 0 Å². The molecular formula is C24H14O8. The molecule has 0 aliphatic rings. The Balaban J connectivity index is 1.75. The molecule has 0 fully saturated rings. The minimum absolute atomic E-state index is 0.186. The van der Waals surface area contributed by atoms with Gasteiger partial charge in [-0.2, -0.15) is 0 Å². The molecule has 3 heterocycles. The van der Waals surface area contributed by atoms with Crippen LogP contribution in [0.1, 0.15) is 10.6 Å². The van der Waals surface area contributed by atoms with Crippen LogP contribution in [0, 0.1) is 0 Å². The van der Waals surface area contributed by atoms with Gasteiger partial charge in [0.15, 0.2) is 11.3 Å². The maximum absolute atomic E-state index is 12.8. The molecule has 0 saturated carbocycles. The normalized spacial score (nSPS) is 11.2. The zero-order valence-corrected chi connectivity index (χ0v) is 16.6. The molecule has 2 aromatic carbocycles. The average molecular weight is 430 g/mol. The highest BCUT2D eigenvalue weighted by molar-refractivity contribution is 5.99. The van der Waals surface area contributed by atoms with Gasteiger partial charge in [-0.25, -0.2) is 14.4 Å². The summed E-state index contributed by atoms with van der Waals surface area (Å²) in [6.07, 6.45) is 1.27. The second-order valence-corrected chi connectivity index (χ2v) is 6.98. The van der Waals surface area contributed by atoms with Gasteiger partial charge in [0.2, 0.25) is 5.76 Å². The molecule has 0 bridgehead atoms. The summed E-state index contributed by atoms with van der Waals surface area (Å²) in [7, 11) is 1.48. The number of fused-ring (bicyclic) bond motifs is 2. The second-order valence-electron chi connectivity index (χ2n) is 6.98. The molecule has 3 aromatic heterocycles. The Hall–Kier alpha value is -4.59. The summed E-state index contributed by atoms with van der Waals surface area (Å²) in [6, 6.07) is 14.4. The third-order valence-electron chi connectivity index (χ3n) is 5.15. The van der Waals surface area contributed by atoms with Gasteiger partial charge in [0.05, 0.1) is 18.9 Å². The fourth-order valence-corrected chi connectivity index (χ4v) is 3.72. The molecule has 158 valence electrons. The zero-order chi connectivity index (χ0) is 22.4. The van der Waals surface area contributed by atoms with E-state index in [0.717, 1.165) is 0 Å². The van der Waals surface area contributed by atoms with E-state index in [1.807, 2.05) is 0 Å². The number of carboxylic acids is 1. The third-order valence-corrected chi connectivity index (χ3v) is 5.15. The lowest BCUT2D eigenvalue weighted by atomic mass is 9.99. The summed E-state index contributed by atoms with van der Waals surface area (Å²) in [6.45, 7) is 0. The van der Waals surface area contributed by atoms with Crippen LogP contribution in [0.4, 0.5) is 0 Å². The molecule has 32 heavy (non-hydrogen) atoms. The maximum atomic E-state index is 12.8. The van der Waals surface area contributed by atoms with E-state index in [2.05, 4.69) is 0 Å². The number of ether oxygens (including phenoxy) is 1. The highest BCUT2D eigenvalue weighted by atomic mass is 16.5. The lowest BCUT2D eigenvalue weighted by Gasteiger charge is -2.08. The van der Waals surface area contributed by atoms with Crippen LogP contribution in [-0.4, -0.2) is 18.2 Å². The van der Waals surface area contributed by atoms with Crippen molar-refractivity contribution >= 4 is 27.9 Å². The molecule has 0 atom stereocenters. The minimum atomic E-state index is -1.22. The van der Waals surface area contributed by atoms with Crippen molar-refractivity contribution in [3.05, 3.63) is 87.5 Å². The fraction of sp³-hybridized carbons (Fsp3) is 0.0417. The first kappa shape index (κ1) is 19.4. The summed E-state index contributed by atoms with van der Waals surface area (Å²) >= 11 is 0. The van der Waals surface area contributed by atoms with Crippen molar-refractivity contribution in [2.24, 2.45) is 0 Å². The number of rotatable bonds is 4. The summed E-state index contributed by atoms with van der Waals surface area (Å²) in [5, 5.41) is 10.4. The largest absolute Gasteiger partial charge is 0.493 e. The van der Waals surface area contributed by atoms with Crippen molar-refractivity contribution < 1.29 is 27.9 Å². The second kappa shape index (κ2) is 7.28. The van der Waals surface area contributed by atoms with E-state index in [1.165, 1.54) is 31.6 Å². The van der Waals surface area contributed by atoms with E-state index in [0.29, 0.717) is 38.8 Å². The first-order chi connectivity index (χ1) is 15.5. The average Bonchev–Trinajstić information content (AvgIpc) is 3.27. The van der Waals surface area contributed by atoms with Crippen LogP contribution in [-0.2, 0) is 0 Å². The van der Waals surface area contributed by atoms with Gasteiger partial charge in [0.25, 0.3) is 0 Å². The number of hydrogen-bond acceptors (Lipinski definition) is 7. The van der Waals surface area contributed by atoms with Gasteiger partial charge in [0.1, 0.15) is 5.58 Å². The Bertz CT molecular complexity index is 1630. The van der Waals surface area contributed by atoms with Gasteiger partial charge < -0.3 is 23.1 Å². The third kappa shape index (κ3) is 3.05. The van der Waals surface area contributed by atoms with E-state index in [4.69, 9.17) is 18.0 Å². The van der Waals surface area contributed by atoms with E-state index in [-0.39, 0.29) is 16.9 Å². The lowest BCUT2D eigenvalue weighted by Crippen LogP contribution is -2.06. The van der Waals surface area contributed by atoms with Crippen molar-refractivity contribution in [3.63, 3.8) is 0 Å².